The van der Waals surface area contributed by atoms with Gasteiger partial charge in [0, 0.05) is 16.8 Å². The highest BCUT2D eigenvalue weighted by molar-refractivity contribution is 5.04. The van der Waals surface area contributed by atoms with Gasteiger partial charge in [0.25, 0.3) is 0 Å². The van der Waals surface area contributed by atoms with Crippen molar-refractivity contribution in [2.75, 3.05) is 0 Å². The van der Waals surface area contributed by atoms with E-state index in [1.165, 1.54) is 19.3 Å². The average Bonchev–Trinajstić information content (AvgIpc) is 2.32. The Hall–Kier alpha value is -0.860. The standard InChI is InChI=1S/C16H25NO2/c1-2-3-4-5-15(17(18)19)16-9-12-6-13(10-16)8-14(7-12)11-16/h2,12-15H,1,3-11H2. The Bertz CT molecular complexity index is 342. The number of allylic oxidation sites excluding steroid dienone is 1. The Morgan fingerprint density at radius 2 is 1.74 bits per heavy atom. The van der Waals surface area contributed by atoms with E-state index in [0.717, 1.165) is 56.3 Å². The Balaban J connectivity index is 1.77. The van der Waals surface area contributed by atoms with Gasteiger partial charge in [-0.3, -0.25) is 10.1 Å². The number of unbranched alkanes of at least 4 members (excludes halogenated alkanes) is 1. The van der Waals surface area contributed by atoms with Gasteiger partial charge in [-0.2, -0.15) is 0 Å². The van der Waals surface area contributed by atoms with Gasteiger partial charge >= 0.3 is 0 Å². The van der Waals surface area contributed by atoms with Gasteiger partial charge in [-0.05, 0) is 69.1 Å². The first kappa shape index (κ1) is 13.1. The summed E-state index contributed by atoms with van der Waals surface area (Å²) in [5.41, 5.74) is 0.0550. The lowest BCUT2D eigenvalue weighted by Crippen LogP contribution is -2.53. The molecular formula is C16H25NO2. The van der Waals surface area contributed by atoms with Gasteiger partial charge < -0.3 is 0 Å². The summed E-state index contributed by atoms with van der Waals surface area (Å²) < 4.78 is 0. The lowest BCUT2D eigenvalue weighted by molar-refractivity contribution is -0.549. The molecule has 3 heteroatoms. The van der Waals surface area contributed by atoms with Crippen LogP contribution in [0.15, 0.2) is 12.7 Å². The van der Waals surface area contributed by atoms with Crippen molar-refractivity contribution in [1.29, 1.82) is 0 Å². The summed E-state index contributed by atoms with van der Waals surface area (Å²) in [7, 11) is 0. The predicted octanol–water partition coefficient (Wildman–Crippen LogP) is 4.20. The van der Waals surface area contributed by atoms with Crippen molar-refractivity contribution >= 4 is 0 Å². The molecule has 0 aromatic carbocycles. The van der Waals surface area contributed by atoms with E-state index < -0.39 is 0 Å². The van der Waals surface area contributed by atoms with Gasteiger partial charge in [0.2, 0.25) is 6.04 Å². The van der Waals surface area contributed by atoms with Crippen LogP contribution in [0.3, 0.4) is 0 Å². The quantitative estimate of drug-likeness (QED) is 0.312. The lowest BCUT2D eigenvalue weighted by Gasteiger charge is -2.57. The number of nitrogens with zero attached hydrogens (tertiary/aromatic N) is 1. The molecule has 1 unspecified atom stereocenters. The summed E-state index contributed by atoms with van der Waals surface area (Å²) in [4.78, 5) is 11.6. The molecule has 0 radical (unpaired) electrons. The molecule has 4 saturated carbocycles. The molecular weight excluding hydrogens is 238 g/mol. The first-order valence-corrected chi connectivity index (χ1v) is 7.87. The predicted molar refractivity (Wildman–Crippen MR) is 75.4 cm³/mol. The Morgan fingerprint density at radius 3 is 2.16 bits per heavy atom. The first-order chi connectivity index (χ1) is 9.13. The number of rotatable bonds is 6. The molecule has 0 aliphatic heterocycles. The van der Waals surface area contributed by atoms with Crippen LogP contribution in [-0.2, 0) is 0 Å². The van der Waals surface area contributed by atoms with Crippen molar-refractivity contribution in [2.45, 2.75) is 63.8 Å². The van der Waals surface area contributed by atoms with Crippen molar-refractivity contribution in [3.63, 3.8) is 0 Å². The third kappa shape index (κ3) is 2.32. The van der Waals surface area contributed by atoms with Crippen LogP contribution >= 0.6 is 0 Å². The molecule has 0 amide bonds. The zero-order valence-corrected chi connectivity index (χ0v) is 11.7. The van der Waals surface area contributed by atoms with Gasteiger partial charge in [0.05, 0.1) is 0 Å². The minimum absolute atomic E-state index is 0.0518. The monoisotopic (exact) mass is 263 g/mol. The molecule has 4 rings (SSSR count). The average molecular weight is 263 g/mol. The van der Waals surface area contributed by atoms with Crippen LogP contribution in [0.5, 0.6) is 0 Å². The molecule has 4 fully saturated rings. The molecule has 0 N–H and O–H groups in total. The van der Waals surface area contributed by atoms with E-state index in [-0.39, 0.29) is 16.4 Å². The van der Waals surface area contributed by atoms with Crippen molar-refractivity contribution in [3.8, 4) is 0 Å². The molecule has 0 aromatic rings. The minimum Gasteiger partial charge on any atom is -0.264 e. The van der Waals surface area contributed by atoms with Crippen LogP contribution in [0.1, 0.15) is 57.8 Å². The third-order valence-corrected chi connectivity index (χ3v) is 5.93. The highest BCUT2D eigenvalue weighted by Crippen LogP contribution is 2.62. The van der Waals surface area contributed by atoms with Crippen molar-refractivity contribution < 1.29 is 4.92 Å². The zero-order chi connectivity index (χ0) is 13.5. The third-order valence-electron chi connectivity index (χ3n) is 5.93. The molecule has 4 aliphatic carbocycles. The van der Waals surface area contributed by atoms with Crippen LogP contribution in [0, 0.1) is 33.3 Å². The minimum atomic E-state index is -0.291. The molecule has 0 spiro atoms. The van der Waals surface area contributed by atoms with E-state index >= 15 is 0 Å². The molecule has 19 heavy (non-hydrogen) atoms. The van der Waals surface area contributed by atoms with E-state index in [1.54, 1.807) is 0 Å². The fourth-order valence-corrected chi connectivity index (χ4v) is 5.68. The topological polar surface area (TPSA) is 43.1 Å². The summed E-state index contributed by atoms with van der Waals surface area (Å²) >= 11 is 0. The second kappa shape index (κ2) is 4.92. The van der Waals surface area contributed by atoms with E-state index in [9.17, 15) is 10.1 Å². The smallest absolute Gasteiger partial charge is 0.218 e. The Morgan fingerprint density at radius 1 is 1.21 bits per heavy atom. The normalized spacial score (nSPS) is 41.2. The van der Waals surface area contributed by atoms with Gasteiger partial charge in [-0.25, -0.2) is 0 Å². The summed E-state index contributed by atoms with van der Waals surface area (Å²) in [5.74, 6) is 2.40. The van der Waals surface area contributed by atoms with Crippen molar-refractivity contribution in [3.05, 3.63) is 22.8 Å². The zero-order valence-electron chi connectivity index (χ0n) is 11.7. The maximum absolute atomic E-state index is 11.6. The number of nitro groups is 1. The molecule has 0 heterocycles. The molecule has 3 nitrogen and oxygen atoms in total. The van der Waals surface area contributed by atoms with Crippen molar-refractivity contribution in [1.82, 2.24) is 0 Å². The molecule has 4 bridgehead atoms. The summed E-state index contributed by atoms with van der Waals surface area (Å²) in [5, 5.41) is 11.6. The SMILES string of the molecule is C=CCCCC([N+](=O)[O-])C12CC3CC(CC(C3)C1)C2. The second-order valence-electron chi connectivity index (χ2n) is 7.30. The molecule has 0 aromatic heterocycles. The second-order valence-corrected chi connectivity index (χ2v) is 7.30. The first-order valence-electron chi connectivity index (χ1n) is 7.87. The molecule has 1 atom stereocenters. The van der Waals surface area contributed by atoms with E-state index in [2.05, 4.69) is 6.58 Å². The largest absolute Gasteiger partial charge is 0.264 e. The van der Waals surface area contributed by atoms with Gasteiger partial charge in [0.1, 0.15) is 0 Å². The number of hydrogen-bond acceptors (Lipinski definition) is 2. The fourth-order valence-electron chi connectivity index (χ4n) is 5.68. The van der Waals surface area contributed by atoms with E-state index in [1.807, 2.05) is 6.08 Å². The highest BCUT2D eigenvalue weighted by atomic mass is 16.6. The van der Waals surface area contributed by atoms with E-state index in [4.69, 9.17) is 0 Å². The summed E-state index contributed by atoms with van der Waals surface area (Å²) in [6, 6.07) is -0.291. The van der Waals surface area contributed by atoms with Gasteiger partial charge in [-0.15, -0.1) is 6.58 Å². The van der Waals surface area contributed by atoms with Crippen LogP contribution in [0.4, 0.5) is 0 Å². The maximum atomic E-state index is 11.6. The summed E-state index contributed by atoms with van der Waals surface area (Å²) in [6.45, 7) is 3.72. The Kier molecular flexibility index (Phi) is 3.40. The molecule has 106 valence electrons. The lowest BCUT2D eigenvalue weighted by atomic mass is 9.47. The summed E-state index contributed by atoms with van der Waals surface area (Å²) in [6.07, 6.45) is 12.0. The van der Waals surface area contributed by atoms with Crippen LogP contribution in [0.25, 0.3) is 0 Å². The number of hydrogen-bond donors (Lipinski definition) is 0. The molecule has 0 saturated heterocycles. The highest BCUT2D eigenvalue weighted by Gasteiger charge is 2.57. The Labute approximate surface area is 115 Å². The van der Waals surface area contributed by atoms with Gasteiger partial charge in [-0.1, -0.05) is 6.08 Å². The molecule has 4 aliphatic rings. The maximum Gasteiger partial charge on any atom is 0.218 e. The van der Waals surface area contributed by atoms with Crippen molar-refractivity contribution in [2.24, 2.45) is 23.2 Å². The van der Waals surface area contributed by atoms with Crippen LogP contribution in [0.2, 0.25) is 0 Å². The van der Waals surface area contributed by atoms with E-state index in [0.29, 0.717) is 0 Å². The fraction of sp³-hybridized carbons (Fsp3) is 0.875. The van der Waals surface area contributed by atoms with Crippen LogP contribution < -0.4 is 0 Å². The van der Waals surface area contributed by atoms with Gasteiger partial charge in [0.15, 0.2) is 0 Å². The van der Waals surface area contributed by atoms with Crippen LogP contribution in [-0.4, -0.2) is 11.0 Å².